The maximum atomic E-state index is 13.1. The molecule has 2 aromatic rings. The molecule has 1 aromatic heterocycles. The van der Waals surface area contributed by atoms with E-state index in [2.05, 4.69) is 10.2 Å². The summed E-state index contributed by atoms with van der Waals surface area (Å²) in [5.41, 5.74) is 1.80. The zero-order chi connectivity index (χ0) is 26.9. The molecule has 3 heterocycles. The molecule has 200 valence electrons. The fourth-order valence-corrected chi connectivity index (χ4v) is 7.45. The van der Waals surface area contributed by atoms with Crippen LogP contribution in [0.3, 0.4) is 0 Å². The van der Waals surface area contributed by atoms with Crippen molar-refractivity contribution in [1.29, 1.82) is 0 Å². The fourth-order valence-electron chi connectivity index (χ4n) is 4.67. The van der Waals surface area contributed by atoms with Crippen LogP contribution >= 0.6 is 11.3 Å². The smallest absolute Gasteiger partial charge is 0.308 e. The number of piperidine rings is 1. The second kappa shape index (κ2) is 10.9. The summed E-state index contributed by atoms with van der Waals surface area (Å²) in [5.74, 6) is -1.19. The number of benzene rings is 1. The maximum absolute atomic E-state index is 13.1. The molecule has 0 atom stereocenters. The largest absolute Gasteiger partial charge is 0.469 e. The molecule has 12 heteroatoms. The summed E-state index contributed by atoms with van der Waals surface area (Å²) in [6.45, 7) is 2.00. The quantitative estimate of drug-likeness (QED) is 0.551. The molecule has 4 rings (SSSR count). The van der Waals surface area contributed by atoms with E-state index < -0.39 is 15.9 Å². The molecule has 0 saturated carbocycles. The minimum absolute atomic E-state index is 0.0821. The number of ether oxygens (including phenoxy) is 1. The summed E-state index contributed by atoms with van der Waals surface area (Å²) in [5, 5.41) is 3.40. The molecule has 37 heavy (non-hydrogen) atoms. The molecule has 2 aliphatic heterocycles. The number of nitrogens with zero attached hydrogens (tertiary/aromatic N) is 3. The van der Waals surface area contributed by atoms with E-state index in [1.54, 1.807) is 14.1 Å². The van der Waals surface area contributed by atoms with Crippen LogP contribution in [0, 0.1) is 5.92 Å². The van der Waals surface area contributed by atoms with Gasteiger partial charge in [0.1, 0.15) is 5.00 Å². The molecule has 1 aromatic carbocycles. The Morgan fingerprint density at radius 3 is 2.32 bits per heavy atom. The number of carbonyl (C=O) groups excluding carboxylic acids is 3. The van der Waals surface area contributed by atoms with Crippen molar-refractivity contribution in [2.24, 2.45) is 5.92 Å². The average molecular weight is 549 g/mol. The van der Waals surface area contributed by atoms with Crippen LogP contribution in [0.15, 0.2) is 29.2 Å². The first kappa shape index (κ1) is 27.2. The Bertz CT molecular complexity index is 1300. The second-order valence-electron chi connectivity index (χ2n) is 9.58. The van der Waals surface area contributed by atoms with Crippen molar-refractivity contribution < 1.29 is 27.5 Å². The lowest BCUT2D eigenvalue weighted by Crippen LogP contribution is -2.40. The highest BCUT2D eigenvalue weighted by Crippen LogP contribution is 2.37. The lowest BCUT2D eigenvalue weighted by molar-refractivity contribution is -0.146. The minimum atomic E-state index is -3.76. The van der Waals surface area contributed by atoms with Gasteiger partial charge in [-0.05, 0) is 56.1 Å². The van der Waals surface area contributed by atoms with Gasteiger partial charge < -0.3 is 19.9 Å². The minimum Gasteiger partial charge on any atom is -0.469 e. The van der Waals surface area contributed by atoms with E-state index in [0.29, 0.717) is 30.0 Å². The van der Waals surface area contributed by atoms with Crippen LogP contribution in [0.2, 0.25) is 0 Å². The molecular formula is C25H32N4O6S2. The number of fused-ring (bicyclic) bond motifs is 1. The Morgan fingerprint density at radius 2 is 1.73 bits per heavy atom. The van der Waals surface area contributed by atoms with Crippen molar-refractivity contribution in [2.45, 2.75) is 30.7 Å². The van der Waals surface area contributed by atoms with E-state index in [9.17, 15) is 22.8 Å². The zero-order valence-corrected chi connectivity index (χ0v) is 23.1. The van der Waals surface area contributed by atoms with E-state index in [4.69, 9.17) is 4.74 Å². The molecule has 0 unspecified atom stereocenters. The van der Waals surface area contributed by atoms with Gasteiger partial charge in [-0.3, -0.25) is 14.4 Å². The third kappa shape index (κ3) is 5.57. The molecule has 2 aliphatic rings. The van der Waals surface area contributed by atoms with Crippen LogP contribution in [-0.4, -0.2) is 88.2 Å². The lowest BCUT2D eigenvalue weighted by Gasteiger charge is -2.29. The number of esters is 1. The number of hydrogen-bond donors (Lipinski definition) is 1. The van der Waals surface area contributed by atoms with Gasteiger partial charge in [-0.25, -0.2) is 8.42 Å². The number of likely N-dealkylation sites (N-methyl/N-ethyl adjacent to an activating group) is 1. The van der Waals surface area contributed by atoms with Gasteiger partial charge in [0.2, 0.25) is 10.0 Å². The molecule has 1 saturated heterocycles. The van der Waals surface area contributed by atoms with Gasteiger partial charge >= 0.3 is 5.97 Å². The summed E-state index contributed by atoms with van der Waals surface area (Å²) in [7, 11) is 2.96. The Balaban J connectivity index is 1.50. The van der Waals surface area contributed by atoms with Crippen LogP contribution in [0.4, 0.5) is 5.00 Å². The van der Waals surface area contributed by atoms with Crippen molar-refractivity contribution in [3.8, 4) is 0 Å². The molecule has 0 aliphatic carbocycles. The van der Waals surface area contributed by atoms with Crippen molar-refractivity contribution in [3.63, 3.8) is 0 Å². The Morgan fingerprint density at radius 1 is 1.08 bits per heavy atom. The second-order valence-corrected chi connectivity index (χ2v) is 12.6. The fraction of sp³-hybridized carbons (Fsp3) is 0.480. The highest BCUT2D eigenvalue weighted by molar-refractivity contribution is 7.89. The van der Waals surface area contributed by atoms with Gasteiger partial charge in [0.15, 0.2) is 0 Å². The Labute approximate surface area is 221 Å². The summed E-state index contributed by atoms with van der Waals surface area (Å²) >= 11 is 1.41. The van der Waals surface area contributed by atoms with Gasteiger partial charge in [0.05, 0.1) is 23.5 Å². The number of sulfonamides is 1. The number of rotatable bonds is 6. The zero-order valence-electron chi connectivity index (χ0n) is 21.4. The third-order valence-corrected chi connectivity index (χ3v) is 9.88. The Kier molecular flexibility index (Phi) is 8.02. The van der Waals surface area contributed by atoms with Gasteiger partial charge in [0.25, 0.3) is 11.8 Å². The summed E-state index contributed by atoms with van der Waals surface area (Å²) in [6, 6.07) is 5.77. The highest BCUT2D eigenvalue weighted by Gasteiger charge is 2.33. The summed E-state index contributed by atoms with van der Waals surface area (Å²) in [6.07, 6.45) is 1.54. The topological polar surface area (TPSA) is 116 Å². The van der Waals surface area contributed by atoms with E-state index in [1.807, 2.05) is 7.05 Å². The van der Waals surface area contributed by atoms with Crippen LogP contribution in [0.25, 0.3) is 0 Å². The first-order valence-corrected chi connectivity index (χ1v) is 14.3. The summed E-state index contributed by atoms with van der Waals surface area (Å²) in [4.78, 5) is 42.6. The summed E-state index contributed by atoms with van der Waals surface area (Å²) < 4.78 is 32.3. The van der Waals surface area contributed by atoms with Crippen molar-refractivity contribution in [2.75, 3.05) is 53.2 Å². The molecule has 10 nitrogen and oxygen atoms in total. The number of carbonyl (C=O) groups is 3. The standard InChI is InChI=1S/C25H32N4O6S2/c1-27(2)24(31)21-19-11-12-28(3)15-20(19)36-23(21)26-22(30)16-5-7-18(8-6-16)37(33,34)29-13-9-17(10-14-29)25(32)35-4/h5-8,17H,9-15H2,1-4H3,(H,26,30). The number of hydrogen-bond acceptors (Lipinski definition) is 8. The number of methoxy groups -OCH3 is 1. The molecule has 1 fully saturated rings. The predicted octanol–water partition coefficient (Wildman–Crippen LogP) is 2.26. The number of amides is 2. The van der Waals surface area contributed by atoms with Crippen LogP contribution in [0.1, 0.15) is 44.0 Å². The first-order valence-electron chi connectivity index (χ1n) is 12.1. The van der Waals surface area contributed by atoms with Gasteiger partial charge in [-0.1, -0.05) is 0 Å². The van der Waals surface area contributed by atoms with E-state index in [1.165, 1.54) is 51.9 Å². The average Bonchev–Trinajstić information content (AvgIpc) is 3.24. The number of nitrogens with one attached hydrogen (secondary N) is 1. The maximum Gasteiger partial charge on any atom is 0.308 e. The normalized spacial score (nSPS) is 17.2. The Hall–Kier alpha value is -2.80. The lowest BCUT2D eigenvalue weighted by atomic mass is 9.99. The van der Waals surface area contributed by atoms with Crippen molar-refractivity contribution >= 4 is 44.1 Å². The molecule has 0 bridgehead atoms. The van der Waals surface area contributed by atoms with Gasteiger partial charge in [-0.15, -0.1) is 11.3 Å². The molecule has 0 spiro atoms. The number of anilines is 1. The molecule has 1 N–H and O–H groups in total. The van der Waals surface area contributed by atoms with Crippen molar-refractivity contribution in [3.05, 3.63) is 45.8 Å². The van der Waals surface area contributed by atoms with Gasteiger partial charge in [-0.2, -0.15) is 4.31 Å². The predicted molar refractivity (Wildman–Crippen MR) is 140 cm³/mol. The number of thiophene rings is 1. The van der Waals surface area contributed by atoms with Crippen LogP contribution in [0.5, 0.6) is 0 Å². The van der Waals surface area contributed by atoms with Gasteiger partial charge in [0, 0.05) is 50.7 Å². The molecule has 0 radical (unpaired) electrons. The van der Waals surface area contributed by atoms with E-state index in [-0.39, 0.29) is 41.3 Å². The monoisotopic (exact) mass is 548 g/mol. The molecule has 2 amide bonds. The molecular weight excluding hydrogens is 516 g/mol. The first-order chi connectivity index (χ1) is 17.5. The SMILES string of the molecule is COC(=O)C1CCN(S(=O)(=O)c2ccc(C(=O)Nc3sc4c(c3C(=O)N(C)C)CCN(C)C4)cc2)CC1. The van der Waals surface area contributed by atoms with E-state index in [0.717, 1.165) is 23.4 Å². The van der Waals surface area contributed by atoms with Crippen molar-refractivity contribution in [1.82, 2.24) is 14.1 Å². The van der Waals surface area contributed by atoms with Crippen LogP contribution in [-0.2, 0) is 32.5 Å². The van der Waals surface area contributed by atoms with E-state index >= 15 is 0 Å². The third-order valence-electron chi connectivity index (χ3n) is 6.84. The van der Waals surface area contributed by atoms with Crippen LogP contribution < -0.4 is 5.32 Å². The highest BCUT2D eigenvalue weighted by atomic mass is 32.2.